The molecule has 1 saturated heterocycles. The minimum Gasteiger partial charge on any atom is -0.493 e. The molecule has 1 aliphatic heterocycles. The maximum Gasteiger partial charge on any atom is 0.166 e. The summed E-state index contributed by atoms with van der Waals surface area (Å²) in [6.45, 7) is 2.11. The summed E-state index contributed by atoms with van der Waals surface area (Å²) in [4.78, 5) is 0. The maximum atomic E-state index is 13.7. The van der Waals surface area contributed by atoms with Gasteiger partial charge < -0.3 is 10.1 Å². The number of hydrogen-bond donors (Lipinski definition) is 1. The number of hydrogen-bond acceptors (Lipinski definition) is 2. The highest BCUT2D eigenvalue weighted by Gasteiger charge is 2.18. The Labute approximate surface area is 110 Å². The van der Waals surface area contributed by atoms with Crippen LogP contribution in [-0.4, -0.2) is 20.2 Å². The van der Waals surface area contributed by atoms with Crippen LogP contribution in [0, 0.1) is 11.7 Å². The first kappa shape index (κ1) is 12.8. The van der Waals surface area contributed by atoms with Gasteiger partial charge in [-0.3, -0.25) is 0 Å². The third-order valence-corrected chi connectivity index (χ3v) is 3.65. The van der Waals surface area contributed by atoms with E-state index in [0.29, 0.717) is 11.7 Å². The minimum atomic E-state index is -0.291. The predicted molar refractivity (Wildman–Crippen MR) is 69.9 cm³/mol. The van der Waals surface area contributed by atoms with Crippen LogP contribution in [0.25, 0.3) is 0 Å². The zero-order valence-electron chi connectivity index (χ0n) is 9.93. The molecule has 17 heavy (non-hydrogen) atoms. The molecule has 0 spiro atoms. The molecule has 1 aromatic rings. The van der Waals surface area contributed by atoms with Crippen LogP contribution in [0.2, 0.25) is 0 Å². The quantitative estimate of drug-likeness (QED) is 0.926. The summed E-state index contributed by atoms with van der Waals surface area (Å²) in [7, 11) is 1.52. The lowest BCUT2D eigenvalue weighted by Gasteiger charge is -2.23. The summed E-state index contributed by atoms with van der Waals surface area (Å²) >= 11 is 3.33. The van der Waals surface area contributed by atoms with E-state index in [4.69, 9.17) is 4.74 Å². The van der Waals surface area contributed by atoms with Crippen molar-refractivity contribution in [3.8, 4) is 5.75 Å². The fourth-order valence-electron chi connectivity index (χ4n) is 2.40. The van der Waals surface area contributed by atoms with Crippen molar-refractivity contribution in [3.05, 3.63) is 28.0 Å². The number of benzene rings is 1. The van der Waals surface area contributed by atoms with E-state index in [1.807, 2.05) is 6.07 Å². The van der Waals surface area contributed by atoms with Crippen LogP contribution < -0.4 is 10.1 Å². The van der Waals surface area contributed by atoms with Crippen molar-refractivity contribution in [1.82, 2.24) is 5.32 Å². The fraction of sp³-hybridized carbons (Fsp3) is 0.538. The first-order valence-corrected chi connectivity index (χ1v) is 6.72. The average molecular weight is 302 g/mol. The van der Waals surface area contributed by atoms with Crippen molar-refractivity contribution in [2.24, 2.45) is 5.92 Å². The Kier molecular flexibility index (Phi) is 4.40. The lowest BCUT2D eigenvalue weighted by molar-refractivity contribution is 0.354. The Hall–Kier alpha value is -0.610. The van der Waals surface area contributed by atoms with Gasteiger partial charge in [0.1, 0.15) is 0 Å². The summed E-state index contributed by atoms with van der Waals surface area (Å²) in [6, 6.07) is 3.40. The molecule has 1 heterocycles. The Morgan fingerprint density at radius 3 is 3.00 bits per heavy atom. The summed E-state index contributed by atoms with van der Waals surface area (Å²) in [6.07, 6.45) is 3.26. The van der Waals surface area contributed by atoms with Crippen LogP contribution in [0.15, 0.2) is 16.6 Å². The van der Waals surface area contributed by atoms with Gasteiger partial charge in [-0.25, -0.2) is 4.39 Å². The van der Waals surface area contributed by atoms with Crippen LogP contribution in [0.1, 0.15) is 18.4 Å². The van der Waals surface area contributed by atoms with Gasteiger partial charge in [-0.2, -0.15) is 0 Å². The van der Waals surface area contributed by atoms with Crippen LogP contribution in [-0.2, 0) is 6.42 Å². The molecule has 2 rings (SSSR count). The molecular weight excluding hydrogens is 285 g/mol. The molecule has 1 unspecified atom stereocenters. The summed E-state index contributed by atoms with van der Waals surface area (Å²) in [5.41, 5.74) is 0.952. The van der Waals surface area contributed by atoms with Gasteiger partial charge in [0.05, 0.1) is 7.11 Å². The van der Waals surface area contributed by atoms with Crippen LogP contribution in [0.3, 0.4) is 0 Å². The van der Waals surface area contributed by atoms with Crippen LogP contribution in [0.5, 0.6) is 5.75 Å². The Morgan fingerprint density at radius 2 is 2.35 bits per heavy atom. The molecular formula is C13H17BrFNO. The van der Waals surface area contributed by atoms with Gasteiger partial charge in [-0.15, -0.1) is 0 Å². The molecule has 0 saturated carbocycles. The molecule has 1 aliphatic rings. The lowest BCUT2D eigenvalue weighted by Crippen LogP contribution is -2.30. The molecule has 0 amide bonds. The van der Waals surface area contributed by atoms with Gasteiger partial charge in [0.15, 0.2) is 11.6 Å². The van der Waals surface area contributed by atoms with E-state index >= 15 is 0 Å². The van der Waals surface area contributed by atoms with Gasteiger partial charge in [0, 0.05) is 4.47 Å². The molecule has 94 valence electrons. The van der Waals surface area contributed by atoms with Crippen molar-refractivity contribution in [2.45, 2.75) is 19.3 Å². The van der Waals surface area contributed by atoms with Gasteiger partial charge in [-0.05, 0) is 56.0 Å². The molecule has 1 atom stereocenters. The van der Waals surface area contributed by atoms with Gasteiger partial charge >= 0.3 is 0 Å². The highest BCUT2D eigenvalue weighted by atomic mass is 79.9. The van der Waals surface area contributed by atoms with E-state index in [2.05, 4.69) is 21.2 Å². The van der Waals surface area contributed by atoms with Crippen molar-refractivity contribution in [1.29, 1.82) is 0 Å². The monoisotopic (exact) mass is 301 g/mol. The maximum absolute atomic E-state index is 13.7. The molecule has 0 aromatic heterocycles. The second-order valence-corrected chi connectivity index (χ2v) is 5.41. The predicted octanol–water partition coefficient (Wildman–Crippen LogP) is 3.14. The largest absolute Gasteiger partial charge is 0.493 e. The molecule has 1 fully saturated rings. The third kappa shape index (κ3) is 3.19. The Bertz CT molecular complexity index is 391. The van der Waals surface area contributed by atoms with E-state index in [-0.39, 0.29) is 5.82 Å². The van der Waals surface area contributed by atoms with E-state index < -0.39 is 0 Å². The van der Waals surface area contributed by atoms with E-state index in [1.165, 1.54) is 26.0 Å². The van der Waals surface area contributed by atoms with E-state index in [1.54, 1.807) is 0 Å². The molecule has 2 nitrogen and oxygen atoms in total. The lowest BCUT2D eigenvalue weighted by atomic mass is 9.92. The third-order valence-electron chi connectivity index (χ3n) is 3.20. The van der Waals surface area contributed by atoms with Crippen molar-refractivity contribution in [2.75, 3.05) is 20.2 Å². The summed E-state index contributed by atoms with van der Waals surface area (Å²) in [5, 5.41) is 3.38. The Balaban J connectivity index is 2.18. The highest BCUT2D eigenvalue weighted by molar-refractivity contribution is 9.10. The number of rotatable bonds is 3. The Morgan fingerprint density at radius 1 is 1.53 bits per heavy atom. The molecule has 1 N–H and O–H groups in total. The first-order chi connectivity index (χ1) is 8.20. The van der Waals surface area contributed by atoms with Crippen LogP contribution >= 0.6 is 15.9 Å². The molecule has 0 bridgehead atoms. The molecule has 4 heteroatoms. The van der Waals surface area contributed by atoms with Crippen molar-refractivity contribution in [3.63, 3.8) is 0 Å². The molecule has 1 aromatic carbocycles. The normalized spacial score (nSPS) is 20.3. The van der Waals surface area contributed by atoms with Crippen molar-refractivity contribution < 1.29 is 9.13 Å². The van der Waals surface area contributed by atoms with E-state index in [0.717, 1.165) is 29.5 Å². The first-order valence-electron chi connectivity index (χ1n) is 5.93. The molecule has 0 radical (unpaired) electrons. The number of piperidine rings is 1. The minimum absolute atomic E-state index is 0.291. The van der Waals surface area contributed by atoms with Gasteiger partial charge in [0.2, 0.25) is 0 Å². The second kappa shape index (κ2) is 5.83. The molecule has 0 aliphatic carbocycles. The van der Waals surface area contributed by atoms with Crippen molar-refractivity contribution >= 4 is 15.9 Å². The van der Waals surface area contributed by atoms with Gasteiger partial charge in [0.25, 0.3) is 0 Å². The average Bonchev–Trinajstić information content (AvgIpc) is 2.30. The highest BCUT2D eigenvalue weighted by Crippen LogP contribution is 2.30. The second-order valence-electron chi connectivity index (χ2n) is 4.50. The van der Waals surface area contributed by atoms with Gasteiger partial charge in [-0.1, -0.05) is 15.9 Å². The van der Waals surface area contributed by atoms with E-state index in [9.17, 15) is 4.39 Å². The summed E-state index contributed by atoms with van der Waals surface area (Å²) in [5.74, 6) is 0.672. The summed E-state index contributed by atoms with van der Waals surface area (Å²) < 4.78 is 19.6. The topological polar surface area (TPSA) is 21.3 Å². The van der Waals surface area contributed by atoms with Crippen LogP contribution in [0.4, 0.5) is 4.39 Å². The SMILES string of the molecule is COc1c(F)cc(Br)cc1CC1CCCNC1. The standard InChI is InChI=1S/C13H17BrFNO/c1-17-13-10(6-11(14)7-12(13)15)5-9-3-2-4-16-8-9/h6-7,9,16H,2-5,8H2,1H3. The number of halogens is 2. The smallest absolute Gasteiger partial charge is 0.166 e. The number of nitrogens with one attached hydrogen (secondary N) is 1. The fourth-order valence-corrected chi connectivity index (χ4v) is 2.88. The number of methoxy groups -OCH3 is 1. The zero-order chi connectivity index (χ0) is 12.3. The zero-order valence-corrected chi connectivity index (χ0v) is 11.5. The number of ether oxygens (including phenoxy) is 1.